The minimum atomic E-state index is -0.708. The SMILES string of the molecule is O=[N+]([O-])c1cc(Br)c(CCO)c([N+](=O)[O-])c1. The smallest absolute Gasteiger partial charge is 0.280 e. The summed E-state index contributed by atoms with van der Waals surface area (Å²) >= 11 is 3.02. The van der Waals surface area contributed by atoms with E-state index in [9.17, 15) is 20.2 Å². The van der Waals surface area contributed by atoms with Crippen molar-refractivity contribution in [3.63, 3.8) is 0 Å². The summed E-state index contributed by atoms with van der Waals surface area (Å²) in [5.74, 6) is 0. The molecule has 16 heavy (non-hydrogen) atoms. The van der Waals surface area contributed by atoms with E-state index in [1.165, 1.54) is 6.07 Å². The summed E-state index contributed by atoms with van der Waals surface area (Å²) < 4.78 is 0.252. The van der Waals surface area contributed by atoms with Crippen LogP contribution in [0.1, 0.15) is 5.56 Å². The first-order valence-corrected chi connectivity index (χ1v) is 4.98. The summed E-state index contributed by atoms with van der Waals surface area (Å²) in [6.07, 6.45) is 0.0644. The van der Waals surface area contributed by atoms with Crippen molar-refractivity contribution < 1.29 is 15.0 Å². The van der Waals surface area contributed by atoms with Crippen molar-refractivity contribution in [2.45, 2.75) is 6.42 Å². The number of nitro benzene ring substituents is 2. The highest BCUT2D eigenvalue weighted by Gasteiger charge is 2.22. The first-order valence-electron chi connectivity index (χ1n) is 4.19. The molecule has 8 heteroatoms. The van der Waals surface area contributed by atoms with Crippen LogP contribution in [0.4, 0.5) is 11.4 Å². The van der Waals surface area contributed by atoms with E-state index in [1.54, 1.807) is 0 Å². The lowest BCUT2D eigenvalue weighted by atomic mass is 10.1. The highest BCUT2D eigenvalue weighted by atomic mass is 79.9. The van der Waals surface area contributed by atoms with Crippen LogP contribution < -0.4 is 0 Å². The van der Waals surface area contributed by atoms with Crippen molar-refractivity contribution in [1.29, 1.82) is 0 Å². The van der Waals surface area contributed by atoms with Gasteiger partial charge in [0.05, 0.1) is 15.9 Å². The second kappa shape index (κ2) is 4.99. The van der Waals surface area contributed by atoms with Crippen molar-refractivity contribution >= 4 is 27.3 Å². The molecule has 7 nitrogen and oxygen atoms in total. The Balaban J connectivity index is 3.39. The number of non-ortho nitro benzene ring substituents is 1. The maximum atomic E-state index is 10.7. The monoisotopic (exact) mass is 290 g/mol. The quantitative estimate of drug-likeness (QED) is 0.672. The van der Waals surface area contributed by atoms with Crippen molar-refractivity contribution in [3.05, 3.63) is 42.4 Å². The highest BCUT2D eigenvalue weighted by molar-refractivity contribution is 9.10. The summed E-state index contributed by atoms with van der Waals surface area (Å²) in [5, 5.41) is 30.0. The van der Waals surface area contributed by atoms with Crippen molar-refractivity contribution in [2.24, 2.45) is 0 Å². The van der Waals surface area contributed by atoms with E-state index in [0.29, 0.717) is 0 Å². The fourth-order valence-electron chi connectivity index (χ4n) is 1.24. The van der Waals surface area contributed by atoms with Gasteiger partial charge in [-0.3, -0.25) is 20.2 Å². The Bertz CT molecular complexity index is 448. The number of nitro groups is 2. The van der Waals surface area contributed by atoms with Gasteiger partial charge in [-0.05, 0) is 0 Å². The zero-order valence-corrected chi connectivity index (χ0v) is 9.51. The average molecular weight is 291 g/mol. The third-order valence-electron chi connectivity index (χ3n) is 1.93. The number of benzene rings is 1. The second-order valence-electron chi connectivity index (χ2n) is 2.91. The Kier molecular flexibility index (Phi) is 3.91. The molecular formula is C8H7BrN2O5. The van der Waals surface area contributed by atoms with E-state index in [-0.39, 0.29) is 34.4 Å². The minimum absolute atomic E-state index is 0.0644. The van der Waals surface area contributed by atoms with E-state index < -0.39 is 9.85 Å². The van der Waals surface area contributed by atoms with Gasteiger partial charge in [-0.2, -0.15) is 0 Å². The molecule has 0 amide bonds. The van der Waals surface area contributed by atoms with Gasteiger partial charge in [0.2, 0.25) is 0 Å². The van der Waals surface area contributed by atoms with Gasteiger partial charge in [0.25, 0.3) is 11.4 Å². The van der Waals surface area contributed by atoms with Gasteiger partial charge in [0.15, 0.2) is 0 Å². The third-order valence-corrected chi connectivity index (χ3v) is 2.63. The zero-order valence-electron chi connectivity index (χ0n) is 7.92. The van der Waals surface area contributed by atoms with Gasteiger partial charge >= 0.3 is 0 Å². The number of aliphatic hydroxyl groups excluding tert-OH is 1. The molecule has 1 aromatic rings. The van der Waals surface area contributed by atoms with Gasteiger partial charge in [-0.15, -0.1) is 0 Å². The summed E-state index contributed by atoms with van der Waals surface area (Å²) in [7, 11) is 0. The number of aliphatic hydroxyl groups is 1. The second-order valence-corrected chi connectivity index (χ2v) is 3.77. The van der Waals surface area contributed by atoms with Gasteiger partial charge < -0.3 is 5.11 Å². The van der Waals surface area contributed by atoms with Gasteiger partial charge in [0.1, 0.15) is 0 Å². The van der Waals surface area contributed by atoms with Crippen LogP contribution in [0.3, 0.4) is 0 Å². The Morgan fingerprint density at radius 2 is 1.88 bits per heavy atom. The van der Waals surface area contributed by atoms with Crippen LogP contribution in [0.5, 0.6) is 0 Å². The molecule has 0 fully saturated rings. The number of rotatable bonds is 4. The van der Waals surface area contributed by atoms with E-state index in [4.69, 9.17) is 5.11 Å². The van der Waals surface area contributed by atoms with Gasteiger partial charge in [0, 0.05) is 29.1 Å². The third kappa shape index (κ3) is 2.52. The van der Waals surface area contributed by atoms with E-state index in [1.807, 2.05) is 0 Å². The molecule has 0 radical (unpaired) electrons. The molecule has 86 valence electrons. The average Bonchev–Trinajstić information content (AvgIpc) is 2.20. The van der Waals surface area contributed by atoms with E-state index >= 15 is 0 Å². The van der Waals surface area contributed by atoms with Crippen LogP contribution in [-0.4, -0.2) is 21.6 Å². The molecular weight excluding hydrogens is 284 g/mol. The number of hydrogen-bond donors (Lipinski definition) is 1. The maximum absolute atomic E-state index is 10.7. The Morgan fingerprint density at radius 3 is 2.31 bits per heavy atom. The molecule has 0 aliphatic rings. The maximum Gasteiger partial charge on any atom is 0.280 e. The molecule has 1 aromatic carbocycles. The molecule has 1 N–H and O–H groups in total. The molecule has 0 spiro atoms. The van der Waals surface area contributed by atoms with Crippen LogP contribution in [-0.2, 0) is 6.42 Å². The Hall–Kier alpha value is -1.54. The van der Waals surface area contributed by atoms with E-state index in [2.05, 4.69) is 15.9 Å². The molecule has 0 unspecified atom stereocenters. The summed E-state index contributed by atoms with van der Waals surface area (Å²) in [5.41, 5.74) is -0.478. The first-order chi connectivity index (χ1) is 7.47. The number of nitrogens with zero attached hydrogens (tertiary/aromatic N) is 2. The highest BCUT2D eigenvalue weighted by Crippen LogP contribution is 2.32. The Labute approximate surface area is 98.1 Å². The summed E-state index contributed by atoms with van der Waals surface area (Å²) in [6, 6.07) is 2.06. The molecule has 0 saturated heterocycles. The lowest BCUT2D eigenvalue weighted by Crippen LogP contribution is -2.01. The molecule has 0 saturated carbocycles. The topological polar surface area (TPSA) is 107 Å². The Morgan fingerprint density at radius 1 is 1.25 bits per heavy atom. The fraction of sp³-hybridized carbons (Fsp3) is 0.250. The molecule has 0 aliphatic carbocycles. The van der Waals surface area contributed by atoms with Crippen LogP contribution in [0, 0.1) is 20.2 Å². The molecule has 0 aliphatic heterocycles. The van der Waals surface area contributed by atoms with Crippen LogP contribution in [0.15, 0.2) is 16.6 Å². The first kappa shape index (κ1) is 12.5. The van der Waals surface area contributed by atoms with Crippen molar-refractivity contribution in [3.8, 4) is 0 Å². The van der Waals surface area contributed by atoms with E-state index in [0.717, 1.165) is 6.07 Å². The predicted octanol–water partition coefficient (Wildman–Crippen LogP) is 1.80. The molecule has 0 atom stereocenters. The summed E-state index contributed by atoms with van der Waals surface area (Å²) in [4.78, 5) is 19.8. The lowest BCUT2D eigenvalue weighted by molar-refractivity contribution is -0.394. The summed E-state index contributed by atoms with van der Waals surface area (Å²) in [6.45, 7) is -0.267. The number of hydrogen-bond acceptors (Lipinski definition) is 5. The van der Waals surface area contributed by atoms with Crippen molar-refractivity contribution in [2.75, 3.05) is 6.61 Å². The number of halogens is 1. The normalized spacial score (nSPS) is 10.1. The molecule has 0 heterocycles. The van der Waals surface area contributed by atoms with Gasteiger partial charge in [-0.25, -0.2) is 0 Å². The fourth-order valence-corrected chi connectivity index (χ4v) is 1.87. The van der Waals surface area contributed by atoms with Gasteiger partial charge in [-0.1, -0.05) is 15.9 Å². The van der Waals surface area contributed by atoms with Crippen LogP contribution >= 0.6 is 15.9 Å². The van der Waals surface area contributed by atoms with Crippen molar-refractivity contribution in [1.82, 2.24) is 0 Å². The molecule has 1 rings (SSSR count). The lowest BCUT2D eigenvalue weighted by Gasteiger charge is -2.03. The predicted molar refractivity (Wildman–Crippen MR) is 58.2 cm³/mol. The standard InChI is InChI=1S/C8H7BrN2O5/c9-7-3-5(10(13)14)4-8(11(15)16)6(7)1-2-12/h3-4,12H,1-2H2. The largest absolute Gasteiger partial charge is 0.396 e. The van der Waals surface area contributed by atoms with Crippen LogP contribution in [0.25, 0.3) is 0 Å². The zero-order chi connectivity index (χ0) is 12.3. The molecule has 0 aromatic heterocycles. The van der Waals surface area contributed by atoms with Crippen LogP contribution in [0.2, 0.25) is 0 Å². The molecule has 0 bridgehead atoms. The minimum Gasteiger partial charge on any atom is -0.396 e.